The summed E-state index contributed by atoms with van der Waals surface area (Å²) in [6, 6.07) is 6.63. The van der Waals surface area contributed by atoms with E-state index < -0.39 is 0 Å². The molecular weight excluding hydrogens is 253 g/mol. The first-order chi connectivity index (χ1) is 8.72. The molecule has 96 valence electrons. The SMILES string of the molecule is CCNC(Cc1c(F)cccc1Cl)c1ccoc1. The smallest absolute Gasteiger partial charge is 0.127 e. The largest absolute Gasteiger partial charge is 0.472 e. The first kappa shape index (κ1) is 13.1. The Morgan fingerprint density at radius 1 is 1.39 bits per heavy atom. The summed E-state index contributed by atoms with van der Waals surface area (Å²) in [7, 11) is 0. The van der Waals surface area contributed by atoms with Crippen molar-refractivity contribution in [3.8, 4) is 0 Å². The summed E-state index contributed by atoms with van der Waals surface area (Å²) < 4.78 is 18.8. The monoisotopic (exact) mass is 267 g/mol. The van der Waals surface area contributed by atoms with Crippen molar-refractivity contribution in [1.29, 1.82) is 0 Å². The second kappa shape index (κ2) is 6.03. The van der Waals surface area contributed by atoms with Crippen molar-refractivity contribution in [3.05, 3.63) is 58.8 Å². The molecule has 0 radical (unpaired) electrons. The maximum absolute atomic E-state index is 13.8. The standard InChI is InChI=1S/C14H15ClFNO/c1-2-17-14(10-6-7-18-9-10)8-11-12(15)4-3-5-13(11)16/h3-7,9,14,17H,2,8H2,1H3. The molecule has 0 saturated carbocycles. The molecule has 0 aliphatic rings. The average molecular weight is 268 g/mol. The zero-order valence-electron chi connectivity index (χ0n) is 10.1. The molecule has 0 aliphatic heterocycles. The van der Waals surface area contributed by atoms with Crippen molar-refractivity contribution in [2.75, 3.05) is 6.54 Å². The van der Waals surface area contributed by atoms with Gasteiger partial charge in [0.15, 0.2) is 0 Å². The van der Waals surface area contributed by atoms with Crippen molar-refractivity contribution in [2.24, 2.45) is 0 Å². The van der Waals surface area contributed by atoms with Crippen molar-refractivity contribution in [3.63, 3.8) is 0 Å². The third kappa shape index (κ3) is 2.92. The Hall–Kier alpha value is -1.32. The number of hydrogen-bond donors (Lipinski definition) is 1. The number of nitrogens with one attached hydrogen (secondary N) is 1. The molecule has 2 rings (SSSR count). The highest BCUT2D eigenvalue weighted by atomic mass is 35.5. The van der Waals surface area contributed by atoms with Crippen LogP contribution in [0.3, 0.4) is 0 Å². The highest BCUT2D eigenvalue weighted by Crippen LogP contribution is 2.26. The predicted molar refractivity (Wildman–Crippen MR) is 70.2 cm³/mol. The van der Waals surface area contributed by atoms with Gasteiger partial charge in [-0.2, -0.15) is 0 Å². The molecule has 0 bridgehead atoms. The van der Waals surface area contributed by atoms with Gasteiger partial charge in [-0.25, -0.2) is 4.39 Å². The van der Waals surface area contributed by atoms with E-state index in [1.165, 1.54) is 6.07 Å². The third-order valence-corrected chi connectivity index (χ3v) is 3.22. The zero-order chi connectivity index (χ0) is 13.0. The Labute approximate surface area is 111 Å². The molecule has 1 aromatic heterocycles. The van der Waals surface area contributed by atoms with E-state index >= 15 is 0 Å². The molecule has 0 spiro atoms. The van der Waals surface area contributed by atoms with Crippen LogP contribution in [0.25, 0.3) is 0 Å². The molecule has 1 heterocycles. The lowest BCUT2D eigenvalue weighted by Crippen LogP contribution is -2.23. The maximum Gasteiger partial charge on any atom is 0.127 e. The molecule has 0 saturated heterocycles. The number of likely N-dealkylation sites (N-methyl/N-ethyl adjacent to an activating group) is 1. The highest BCUT2D eigenvalue weighted by Gasteiger charge is 2.16. The van der Waals surface area contributed by atoms with Crippen LogP contribution in [0, 0.1) is 5.82 Å². The fourth-order valence-corrected chi connectivity index (χ4v) is 2.20. The number of halogens is 2. The van der Waals surface area contributed by atoms with E-state index in [1.807, 2.05) is 13.0 Å². The summed E-state index contributed by atoms with van der Waals surface area (Å²) in [6.07, 6.45) is 3.78. The maximum atomic E-state index is 13.8. The van der Waals surface area contributed by atoms with Gasteiger partial charge in [0, 0.05) is 22.2 Å². The molecule has 1 atom stereocenters. The Bertz CT molecular complexity index is 478. The van der Waals surface area contributed by atoms with E-state index in [9.17, 15) is 4.39 Å². The summed E-state index contributed by atoms with van der Waals surface area (Å²) >= 11 is 6.04. The zero-order valence-corrected chi connectivity index (χ0v) is 10.9. The number of hydrogen-bond acceptors (Lipinski definition) is 2. The minimum Gasteiger partial charge on any atom is -0.472 e. The second-order valence-electron chi connectivity index (χ2n) is 4.07. The molecule has 1 aromatic carbocycles. The number of rotatable bonds is 5. The second-order valence-corrected chi connectivity index (χ2v) is 4.48. The normalized spacial score (nSPS) is 12.6. The molecule has 1 unspecified atom stereocenters. The predicted octanol–water partition coefficient (Wildman–Crippen LogP) is 3.97. The van der Waals surface area contributed by atoms with Gasteiger partial charge in [0.25, 0.3) is 0 Å². The van der Waals surface area contributed by atoms with Crippen LogP contribution >= 0.6 is 11.6 Å². The van der Waals surface area contributed by atoms with Crippen LogP contribution in [0.2, 0.25) is 5.02 Å². The summed E-state index contributed by atoms with van der Waals surface area (Å²) in [5.74, 6) is -0.270. The van der Waals surface area contributed by atoms with Crippen molar-refractivity contribution < 1.29 is 8.81 Å². The summed E-state index contributed by atoms with van der Waals surface area (Å²) in [5, 5.41) is 3.76. The van der Waals surface area contributed by atoms with Gasteiger partial charge in [-0.15, -0.1) is 0 Å². The Balaban J connectivity index is 2.24. The van der Waals surface area contributed by atoms with Crippen LogP contribution in [0.1, 0.15) is 24.1 Å². The number of furan rings is 1. The lowest BCUT2D eigenvalue weighted by molar-refractivity contribution is 0.512. The van der Waals surface area contributed by atoms with Crippen LogP contribution in [0.4, 0.5) is 4.39 Å². The quantitative estimate of drug-likeness (QED) is 0.887. The topological polar surface area (TPSA) is 25.2 Å². The minimum atomic E-state index is -0.270. The number of benzene rings is 1. The highest BCUT2D eigenvalue weighted by molar-refractivity contribution is 6.31. The van der Waals surface area contributed by atoms with Crippen LogP contribution in [-0.2, 0) is 6.42 Å². The lowest BCUT2D eigenvalue weighted by atomic mass is 10.0. The molecule has 0 amide bonds. The van der Waals surface area contributed by atoms with E-state index in [0.29, 0.717) is 17.0 Å². The Kier molecular flexibility index (Phi) is 4.39. The van der Waals surface area contributed by atoms with Crippen LogP contribution in [0.15, 0.2) is 41.2 Å². The van der Waals surface area contributed by atoms with Gasteiger partial charge in [-0.05, 0) is 31.2 Å². The Morgan fingerprint density at radius 3 is 2.83 bits per heavy atom. The van der Waals surface area contributed by atoms with E-state index in [4.69, 9.17) is 16.0 Å². The van der Waals surface area contributed by atoms with Crippen molar-refractivity contribution in [2.45, 2.75) is 19.4 Å². The molecule has 4 heteroatoms. The van der Waals surface area contributed by atoms with Gasteiger partial charge in [-0.1, -0.05) is 24.6 Å². The van der Waals surface area contributed by atoms with Gasteiger partial charge in [-0.3, -0.25) is 0 Å². The molecule has 1 N–H and O–H groups in total. The van der Waals surface area contributed by atoms with Crippen LogP contribution in [-0.4, -0.2) is 6.54 Å². The minimum absolute atomic E-state index is 0.00292. The van der Waals surface area contributed by atoms with Gasteiger partial charge in [0.05, 0.1) is 12.5 Å². The molecule has 18 heavy (non-hydrogen) atoms. The van der Waals surface area contributed by atoms with Gasteiger partial charge in [0.1, 0.15) is 5.82 Å². The van der Waals surface area contributed by atoms with Gasteiger partial charge in [0.2, 0.25) is 0 Å². The molecule has 0 fully saturated rings. The summed E-state index contributed by atoms with van der Waals surface area (Å²) in [6.45, 7) is 2.80. The van der Waals surface area contributed by atoms with Gasteiger partial charge >= 0.3 is 0 Å². The van der Waals surface area contributed by atoms with E-state index in [2.05, 4.69) is 5.32 Å². The van der Waals surface area contributed by atoms with Gasteiger partial charge < -0.3 is 9.73 Å². The fourth-order valence-electron chi connectivity index (χ4n) is 1.96. The third-order valence-electron chi connectivity index (χ3n) is 2.87. The molecule has 0 aliphatic carbocycles. The van der Waals surface area contributed by atoms with Crippen molar-refractivity contribution >= 4 is 11.6 Å². The summed E-state index contributed by atoms with van der Waals surface area (Å²) in [5.41, 5.74) is 1.53. The summed E-state index contributed by atoms with van der Waals surface area (Å²) in [4.78, 5) is 0. The van der Waals surface area contributed by atoms with E-state index in [1.54, 1.807) is 24.7 Å². The molecule has 2 nitrogen and oxygen atoms in total. The van der Waals surface area contributed by atoms with E-state index in [0.717, 1.165) is 12.1 Å². The average Bonchev–Trinajstić information content (AvgIpc) is 2.86. The lowest BCUT2D eigenvalue weighted by Gasteiger charge is -2.17. The molecular formula is C14H15ClFNO. The van der Waals surface area contributed by atoms with Crippen LogP contribution in [0.5, 0.6) is 0 Å². The molecule has 2 aromatic rings. The fraction of sp³-hybridized carbons (Fsp3) is 0.286. The van der Waals surface area contributed by atoms with E-state index in [-0.39, 0.29) is 11.9 Å². The van der Waals surface area contributed by atoms with Crippen LogP contribution < -0.4 is 5.32 Å². The first-order valence-corrected chi connectivity index (χ1v) is 6.28. The van der Waals surface area contributed by atoms with Crippen molar-refractivity contribution in [1.82, 2.24) is 5.32 Å². The first-order valence-electron chi connectivity index (χ1n) is 5.90. The Morgan fingerprint density at radius 2 is 2.22 bits per heavy atom.